The van der Waals surface area contributed by atoms with E-state index in [1.807, 2.05) is 48.7 Å². The Kier molecular flexibility index (Phi) is 8.23. The SMILES string of the molecule is N/C(=C\N(N)Cc1ccccc1)N(CCN1CCCCC1)Cc1ccccc1Cl. The van der Waals surface area contributed by atoms with Crippen molar-refractivity contribution in [3.63, 3.8) is 0 Å². The van der Waals surface area contributed by atoms with Crippen molar-refractivity contribution in [2.75, 3.05) is 26.2 Å². The molecule has 0 unspecified atom stereocenters. The molecule has 1 fully saturated rings. The van der Waals surface area contributed by atoms with Crippen molar-refractivity contribution in [2.45, 2.75) is 32.4 Å². The highest BCUT2D eigenvalue weighted by molar-refractivity contribution is 6.31. The fraction of sp³-hybridized carbons (Fsp3) is 0.391. The molecule has 1 aliphatic heterocycles. The summed E-state index contributed by atoms with van der Waals surface area (Å²) in [5.41, 5.74) is 8.70. The fourth-order valence-electron chi connectivity index (χ4n) is 3.67. The lowest BCUT2D eigenvalue weighted by molar-refractivity contribution is 0.194. The van der Waals surface area contributed by atoms with Gasteiger partial charge in [-0.15, -0.1) is 0 Å². The first-order valence-electron chi connectivity index (χ1n) is 10.3. The van der Waals surface area contributed by atoms with Crippen LogP contribution in [0, 0.1) is 0 Å². The lowest BCUT2D eigenvalue weighted by Crippen LogP contribution is -2.39. The summed E-state index contributed by atoms with van der Waals surface area (Å²) < 4.78 is 0. The molecule has 156 valence electrons. The molecule has 4 N–H and O–H groups in total. The van der Waals surface area contributed by atoms with Gasteiger partial charge in [-0.2, -0.15) is 0 Å². The minimum atomic E-state index is 0.605. The van der Waals surface area contributed by atoms with Crippen molar-refractivity contribution < 1.29 is 0 Å². The first-order chi connectivity index (χ1) is 14.1. The second-order valence-corrected chi connectivity index (χ2v) is 8.03. The molecule has 1 aliphatic rings. The Morgan fingerprint density at radius 1 is 0.966 bits per heavy atom. The molecule has 2 aromatic rings. The van der Waals surface area contributed by atoms with Gasteiger partial charge in [0.1, 0.15) is 5.82 Å². The van der Waals surface area contributed by atoms with Gasteiger partial charge in [0.25, 0.3) is 0 Å². The van der Waals surface area contributed by atoms with Crippen LogP contribution in [0.4, 0.5) is 0 Å². The maximum atomic E-state index is 6.49. The molecule has 0 radical (unpaired) electrons. The lowest BCUT2D eigenvalue weighted by atomic mass is 10.1. The zero-order chi connectivity index (χ0) is 20.5. The third-order valence-corrected chi connectivity index (χ3v) is 5.69. The molecular weight excluding hydrogens is 382 g/mol. The average molecular weight is 414 g/mol. The van der Waals surface area contributed by atoms with Crippen molar-refractivity contribution in [1.29, 1.82) is 0 Å². The van der Waals surface area contributed by atoms with Gasteiger partial charge in [0, 0.05) is 24.7 Å². The largest absolute Gasteiger partial charge is 0.384 e. The smallest absolute Gasteiger partial charge is 0.117 e. The number of benzene rings is 2. The molecule has 0 spiro atoms. The first-order valence-corrected chi connectivity index (χ1v) is 10.7. The highest BCUT2D eigenvalue weighted by Gasteiger charge is 2.15. The van der Waals surface area contributed by atoms with Crippen LogP contribution in [0.5, 0.6) is 0 Å². The third kappa shape index (κ3) is 6.96. The summed E-state index contributed by atoms with van der Waals surface area (Å²) in [5, 5.41) is 2.41. The van der Waals surface area contributed by atoms with E-state index >= 15 is 0 Å². The van der Waals surface area contributed by atoms with Gasteiger partial charge in [0.2, 0.25) is 0 Å². The van der Waals surface area contributed by atoms with Crippen molar-refractivity contribution in [2.24, 2.45) is 11.6 Å². The van der Waals surface area contributed by atoms with Crippen LogP contribution in [0.2, 0.25) is 5.02 Å². The molecule has 1 saturated heterocycles. The summed E-state index contributed by atoms with van der Waals surface area (Å²) in [4.78, 5) is 4.68. The molecule has 3 rings (SSSR count). The number of nitrogens with zero attached hydrogens (tertiary/aromatic N) is 3. The summed E-state index contributed by atoms with van der Waals surface area (Å²) in [5.74, 6) is 6.87. The number of hydrogen-bond donors (Lipinski definition) is 2. The lowest BCUT2D eigenvalue weighted by Gasteiger charge is -2.32. The van der Waals surface area contributed by atoms with E-state index in [1.165, 1.54) is 32.4 Å². The number of halogens is 1. The van der Waals surface area contributed by atoms with Crippen molar-refractivity contribution in [1.82, 2.24) is 14.8 Å². The summed E-state index contributed by atoms with van der Waals surface area (Å²) in [7, 11) is 0. The van der Waals surface area contributed by atoms with Crippen molar-refractivity contribution in [3.05, 3.63) is 82.8 Å². The number of hydrogen-bond acceptors (Lipinski definition) is 5. The molecule has 0 aromatic heterocycles. The minimum absolute atomic E-state index is 0.605. The van der Waals surface area contributed by atoms with E-state index in [0.29, 0.717) is 18.9 Å². The van der Waals surface area contributed by atoms with Crippen LogP contribution < -0.4 is 11.6 Å². The zero-order valence-corrected chi connectivity index (χ0v) is 17.8. The second kappa shape index (κ2) is 11.1. The summed E-state index contributed by atoms with van der Waals surface area (Å²) in [6.45, 7) is 5.43. The number of piperidine rings is 1. The normalized spacial score (nSPS) is 15.3. The van der Waals surface area contributed by atoms with Crippen LogP contribution in [0.25, 0.3) is 0 Å². The second-order valence-electron chi connectivity index (χ2n) is 7.63. The quantitative estimate of drug-likeness (QED) is 0.484. The minimum Gasteiger partial charge on any atom is -0.384 e. The Hall–Kier alpha value is -2.21. The Morgan fingerprint density at radius 3 is 2.38 bits per heavy atom. The molecule has 0 atom stereocenters. The van der Waals surface area contributed by atoms with Crippen LogP contribution in [0.15, 0.2) is 66.6 Å². The Labute approximate surface area is 179 Å². The van der Waals surface area contributed by atoms with Crippen LogP contribution in [-0.4, -0.2) is 41.0 Å². The Morgan fingerprint density at radius 2 is 1.66 bits per heavy atom. The highest BCUT2D eigenvalue weighted by Crippen LogP contribution is 2.19. The predicted molar refractivity (Wildman–Crippen MR) is 121 cm³/mol. The topological polar surface area (TPSA) is 61.8 Å². The molecule has 5 nitrogen and oxygen atoms in total. The fourth-order valence-corrected chi connectivity index (χ4v) is 3.86. The predicted octanol–water partition coefficient (Wildman–Crippen LogP) is 3.76. The first kappa shape index (κ1) is 21.5. The van der Waals surface area contributed by atoms with Gasteiger partial charge in [-0.3, -0.25) is 0 Å². The van der Waals surface area contributed by atoms with E-state index in [0.717, 1.165) is 29.2 Å². The van der Waals surface area contributed by atoms with E-state index in [1.54, 1.807) is 5.01 Å². The summed E-state index contributed by atoms with van der Waals surface area (Å²) in [6, 6.07) is 18.1. The van der Waals surface area contributed by atoms with Gasteiger partial charge in [-0.1, -0.05) is 66.6 Å². The van der Waals surface area contributed by atoms with Gasteiger partial charge >= 0.3 is 0 Å². The van der Waals surface area contributed by atoms with Crippen LogP contribution >= 0.6 is 11.6 Å². The molecular formula is C23H32ClN5. The van der Waals surface area contributed by atoms with E-state index < -0.39 is 0 Å². The monoisotopic (exact) mass is 413 g/mol. The van der Waals surface area contributed by atoms with Gasteiger partial charge < -0.3 is 20.5 Å². The molecule has 0 bridgehead atoms. The van der Waals surface area contributed by atoms with Gasteiger partial charge in [-0.05, 0) is 43.1 Å². The maximum Gasteiger partial charge on any atom is 0.117 e. The van der Waals surface area contributed by atoms with Crippen LogP contribution in [0.1, 0.15) is 30.4 Å². The van der Waals surface area contributed by atoms with E-state index in [-0.39, 0.29) is 0 Å². The number of hydrazine groups is 1. The Balaban J connectivity index is 1.68. The number of rotatable bonds is 9. The van der Waals surface area contributed by atoms with Gasteiger partial charge in [0.05, 0.1) is 12.7 Å². The van der Waals surface area contributed by atoms with Crippen LogP contribution in [0.3, 0.4) is 0 Å². The molecule has 1 heterocycles. The van der Waals surface area contributed by atoms with E-state index in [4.69, 9.17) is 23.2 Å². The summed E-state index contributed by atoms with van der Waals surface area (Å²) >= 11 is 6.40. The van der Waals surface area contributed by atoms with Gasteiger partial charge in [-0.25, -0.2) is 5.84 Å². The van der Waals surface area contributed by atoms with Crippen LogP contribution in [-0.2, 0) is 13.1 Å². The van der Waals surface area contributed by atoms with E-state index in [9.17, 15) is 0 Å². The number of nitrogens with two attached hydrogens (primary N) is 2. The number of likely N-dealkylation sites (tertiary alicyclic amines) is 1. The molecule has 29 heavy (non-hydrogen) atoms. The Bertz CT molecular complexity index is 774. The molecule has 2 aromatic carbocycles. The maximum absolute atomic E-state index is 6.49. The van der Waals surface area contributed by atoms with Crippen molar-refractivity contribution >= 4 is 11.6 Å². The van der Waals surface area contributed by atoms with E-state index in [2.05, 4.69) is 21.9 Å². The highest BCUT2D eigenvalue weighted by atomic mass is 35.5. The summed E-state index contributed by atoms with van der Waals surface area (Å²) in [6.07, 6.45) is 5.72. The third-order valence-electron chi connectivity index (χ3n) is 5.33. The van der Waals surface area contributed by atoms with Crippen molar-refractivity contribution in [3.8, 4) is 0 Å². The van der Waals surface area contributed by atoms with Gasteiger partial charge in [0.15, 0.2) is 0 Å². The molecule has 0 saturated carbocycles. The standard InChI is InChI=1S/C23H32ClN5/c24-22-12-6-5-11-21(22)18-28(16-15-27-13-7-2-8-14-27)23(25)19-29(26)17-20-9-3-1-4-10-20/h1,3-6,9-12,19H,2,7-8,13-18,25-26H2/b23-19+. The molecule has 0 aliphatic carbocycles. The molecule has 0 amide bonds. The zero-order valence-electron chi connectivity index (χ0n) is 17.0. The molecule has 6 heteroatoms. The average Bonchev–Trinajstić information content (AvgIpc) is 2.73.